The van der Waals surface area contributed by atoms with E-state index < -0.39 is 0 Å². The molecule has 1 amide bonds. The Hall–Kier alpha value is -1.76. The first kappa shape index (κ1) is 10.4. The molecule has 2 heterocycles. The van der Waals surface area contributed by atoms with Crippen LogP contribution in [-0.4, -0.2) is 26.3 Å². The second-order valence-electron chi connectivity index (χ2n) is 3.98. The fraction of sp³-hybridized carbons (Fsp3) is 0.400. The van der Waals surface area contributed by atoms with Gasteiger partial charge in [-0.2, -0.15) is 15.4 Å². The van der Waals surface area contributed by atoms with Gasteiger partial charge < -0.3 is 5.32 Å². The third-order valence-corrected chi connectivity index (χ3v) is 3.59. The van der Waals surface area contributed by atoms with Gasteiger partial charge in [0.2, 0.25) is 5.91 Å². The first-order chi connectivity index (χ1) is 8.33. The Bertz CT molecular complexity index is 521. The second-order valence-corrected chi connectivity index (χ2v) is 4.88. The molecule has 0 spiro atoms. The molecule has 17 heavy (non-hydrogen) atoms. The number of amides is 1. The average molecular weight is 249 g/mol. The van der Waals surface area contributed by atoms with Crippen molar-refractivity contribution in [3.63, 3.8) is 0 Å². The predicted molar refractivity (Wildman–Crippen MR) is 62.6 cm³/mol. The van der Waals surface area contributed by atoms with E-state index in [0.717, 1.165) is 24.2 Å². The van der Waals surface area contributed by atoms with Gasteiger partial charge in [-0.05, 0) is 12.8 Å². The molecule has 2 aromatic rings. The fourth-order valence-electron chi connectivity index (χ4n) is 2.00. The summed E-state index contributed by atoms with van der Waals surface area (Å²) < 4.78 is 0. The summed E-state index contributed by atoms with van der Waals surface area (Å²) in [6.07, 6.45) is 3.96. The van der Waals surface area contributed by atoms with Crippen LogP contribution in [0.25, 0.3) is 0 Å². The van der Waals surface area contributed by atoms with Crippen LogP contribution in [-0.2, 0) is 17.6 Å². The lowest BCUT2D eigenvalue weighted by molar-refractivity contribution is -0.120. The lowest BCUT2D eigenvalue weighted by Gasteiger charge is -2.18. The molecule has 0 saturated heterocycles. The number of rotatable bonds is 2. The van der Waals surface area contributed by atoms with Crippen molar-refractivity contribution in [2.24, 2.45) is 5.92 Å². The van der Waals surface area contributed by atoms with E-state index in [9.17, 15) is 4.79 Å². The summed E-state index contributed by atoms with van der Waals surface area (Å²) in [5, 5.41) is 16.0. The lowest BCUT2D eigenvalue weighted by Crippen LogP contribution is -2.28. The molecule has 88 valence electrons. The van der Waals surface area contributed by atoms with E-state index >= 15 is 0 Å². The Morgan fingerprint density at radius 2 is 2.35 bits per heavy atom. The van der Waals surface area contributed by atoms with Crippen molar-refractivity contribution in [1.29, 1.82) is 0 Å². The number of carbonyl (C=O) groups is 1. The minimum Gasteiger partial charge on any atom is -0.302 e. The summed E-state index contributed by atoms with van der Waals surface area (Å²) in [5.41, 5.74) is 1.90. The highest BCUT2D eigenvalue weighted by Gasteiger charge is 2.27. The topological polar surface area (TPSA) is 83.6 Å². The molecule has 0 aliphatic heterocycles. The number of hydrogen-bond acceptors (Lipinski definition) is 5. The van der Waals surface area contributed by atoms with E-state index in [1.54, 1.807) is 6.20 Å². The number of H-pyrrole nitrogens is 1. The van der Waals surface area contributed by atoms with Crippen LogP contribution in [0, 0.1) is 5.92 Å². The predicted octanol–water partition coefficient (Wildman–Crippen LogP) is 1.00. The SMILES string of the molecule is O=C(Nc1nccs1)C1CCc2n[nH]nc2C1. The van der Waals surface area contributed by atoms with Crippen molar-refractivity contribution in [2.45, 2.75) is 19.3 Å². The van der Waals surface area contributed by atoms with Crippen LogP contribution in [0.5, 0.6) is 0 Å². The zero-order valence-corrected chi connectivity index (χ0v) is 9.83. The van der Waals surface area contributed by atoms with Gasteiger partial charge in [0.15, 0.2) is 5.13 Å². The van der Waals surface area contributed by atoms with Gasteiger partial charge in [-0.25, -0.2) is 4.98 Å². The number of aromatic nitrogens is 4. The van der Waals surface area contributed by atoms with Crippen LogP contribution in [0.3, 0.4) is 0 Å². The summed E-state index contributed by atoms with van der Waals surface area (Å²) in [6, 6.07) is 0. The van der Waals surface area contributed by atoms with Gasteiger partial charge in [-0.1, -0.05) is 0 Å². The van der Waals surface area contributed by atoms with E-state index in [1.165, 1.54) is 11.3 Å². The van der Waals surface area contributed by atoms with Crippen LogP contribution in [0.1, 0.15) is 17.8 Å². The van der Waals surface area contributed by atoms with Gasteiger partial charge in [-0.15, -0.1) is 11.3 Å². The Morgan fingerprint density at radius 1 is 1.47 bits per heavy atom. The largest absolute Gasteiger partial charge is 0.302 e. The number of thiazole rings is 1. The maximum Gasteiger partial charge on any atom is 0.229 e. The highest BCUT2D eigenvalue weighted by atomic mass is 32.1. The highest BCUT2D eigenvalue weighted by Crippen LogP contribution is 2.23. The zero-order chi connectivity index (χ0) is 11.7. The Morgan fingerprint density at radius 3 is 3.18 bits per heavy atom. The van der Waals surface area contributed by atoms with Crippen molar-refractivity contribution in [3.05, 3.63) is 23.0 Å². The molecule has 0 aromatic carbocycles. The summed E-state index contributed by atoms with van der Waals surface area (Å²) in [7, 11) is 0. The molecule has 1 aliphatic rings. The van der Waals surface area contributed by atoms with Gasteiger partial charge >= 0.3 is 0 Å². The molecule has 6 nitrogen and oxygen atoms in total. The highest BCUT2D eigenvalue weighted by molar-refractivity contribution is 7.13. The lowest BCUT2D eigenvalue weighted by atomic mass is 9.89. The van der Waals surface area contributed by atoms with Crippen molar-refractivity contribution in [3.8, 4) is 0 Å². The number of anilines is 1. The van der Waals surface area contributed by atoms with Crippen molar-refractivity contribution in [1.82, 2.24) is 20.4 Å². The summed E-state index contributed by atoms with van der Waals surface area (Å²) in [5.74, 6) is -0.00917. The maximum absolute atomic E-state index is 12.0. The van der Waals surface area contributed by atoms with Crippen LogP contribution in [0.2, 0.25) is 0 Å². The van der Waals surface area contributed by atoms with Gasteiger partial charge in [0.05, 0.1) is 11.4 Å². The van der Waals surface area contributed by atoms with Crippen molar-refractivity contribution >= 4 is 22.4 Å². The normalized spacial score (nSPS) is 18.7. The monoisotopic (exact) mass is 249 g/mol. The Labute approximate surface area is 101 Å². The van der Waals surface area contributed by atoms with E-state index in [2.05, 4.69) is 25.7 Å². The van der Waals surface area contributed by atoms with E-state index in [-0.39, 0.29) is 11.8 Å². The zero-order valence-electron chi connectivity index (χ0n) is 9.01. The molecule has 1 atom stereocenters. The molecule has 0 bridgehead atoms. The summed E-state index contributed by atoms with van der Waals surface area (Å²) >= 11 is 1.43. The minimum atomic E-state index is -0.0310. The Kier molecular flexibility index (Phi) is 2.60. The standard InChI is InChI=1S/C10H11N5OS/c16-9(12-10-11-3-4-17-10)6-1-2-7-8(5-6)14-15-13-7/h3-4,6H,1-2,5H2,(H,11,12,16)(H,13,14,15). The third-order valence-electron chi connectivity index (χ3n) is 2.91. The smallest absolute Gasteiger partial charge is 0.229 e. The quantitative estimate of drug-likeness (QED) is 0.831. The molecule has 0 saturated carbocycles. The number of aryl methyl sites for hydroxylation is 1. The molecule has 3 rings (SSSR count). The van der Waals surface area contributed by atoms with E-state index in [0.29, 0.717) is 11.6 Å². The van der Waals surface area contributed by atoms with E-state index in [4.69, 9.17) is 0 Å². The minimum absolute atomic E-state index is 0.0219. The van der Waals surface area contributed by atoms with Gasteiger partial charge in [0.1, 0.15) is 0 Å². The molecule has 1 aliphatic carbocycles. The molecule has 2 aromatic heterocycles. The van der Waals surface area contributed by atoms with Crippen molar-refractivity contribution in [2.75, 3.05) is 5.32 Å². The average Bonchev–Trinajstić information content (AvgIpc) is 2.97. The van der Waals surface area contributed by atoms with Gasteiger partial charge in [0, 0.05) is 23.9 Å². The number of carbonyl (C=O) groups excluding carboxylic acids is 1. The molecular formula is C10H11N5OS. The fourth-order valence-corrected chi connectivity index (χ4v) is 2.53. The third kappa shape index (κ3) is 2.05. The first-order valence-corrected chi connectivity index (χ1v) is 6.30. The summed E-state index contributed by atoms with van der Waals surface area (Å²) in [6.45, 7) is 0. The molecular weight excluding hydrogens is 238 g/mol. The van der Waals surface area contributed by atoms with Gasteiger partial charge in [0.25, 0.3) is 0 Å². The number of nitrogens with zero attached hydrogens (tertiary/aromatic N) is 3. The molecule has 0 fully saturated rings. The molecule has 7 heteroatoms. The Balaban J connectivity index is 1.68. The second kappa shape index (κ2) is 4.25. The maximum atomic E-state index is 12.0. The first-order valence-electron chi connectivity index (χ1n) is 5.42. The number of nitrogens with one attached hydrogen (secondary N) is 2. The van der Waals surface area contributed by atoms with Gasteiger partial charge in [-0.3, -0.25) is 4.79 Å². The van der Waals surface area contributed by atoms with Crippen molar-refractivity contribution < 1.29 is 4.79 Å². The van der Waals surface area contributed by atoms with Crippen LogP contribution < -0.4 is 5.32 Å². The van der Waals surface area contributed by atoms with Crippen LogP contribution >= 0.6 is 11.3 Å². The van der Waals surface area contributed by atoms with Crippen LogP contribution in [0.15, 0.2) is 11.6 Å². The van der Waals surface area contributed by atoms with Crippen LogP contribution in [0.4, 0.5) is 5.13 Å². The molecule has 0 radical (unpaired) electrons. The van der Waals surface area contributed by atoms with E-state index in [1.807, 2.05) is 5.38 Å². The molecule has 1 unspecified atom stereocenters. The number of aromatic amines is 1. The summed E-state index contributed by atoms with van der Waals surface area (Å²) in [4.78, 5) is 16.0. The molecule has 2 N–H and O–H groups in total. The number of fused-ring (bicyclic) bond motifs is 1. The number of hydrogen-bond donors (Lipinski definition) is 2.